The van der Waals surface area contributed by atoms with Gasteiger partial charge in [-0.2, -0.15) is 0 Å². The highest BCUT2D eigenvalue weighted by molar-refractivity contribution is 5.89. The maximum atomic E-state index is 14.1. The van der Waals surface area contributed by atoms with Gasteiger partial charge in [-0.05, 0) is 74.5 Å². The van der Waals surface area contributed by atoms with E-state index in [0.29, 0.717) is 24.0 Å². The first-order valence-electron chi connectivity index (χ1n) is 19.3. The van der Waals surface area contributed by atoms with Crippen molar-refractivity contribution in [3.63, 3.8) is 0 Å². The number of hydrogen-bond donors (Lipinski definition) is 0. The molecule has 3 aliphatic carbocycles. The lowest BCUT2D eigenvalue weighted by molar-refractivity contribution is -0.223. The molecule has 0 unspecified atom stereocenters. The molecule has 2 saturated carbocycles. The largest absolute Gasteiger partial charge is 0.462 e. The van der Waals surface area contributed by atoms with Crippen LogP contribution in [-0.2, 0) is 47.6 Å². The minimum absolute atomic E-state index is 0.0753. The molecule has 2 bridgehead atoms. The predicted octanol–water partition coefficient (Wildman–Crippen LogP) is 5.57. The second-order valence-corrected chi connectivity index (χ2v) is 16.8. The number of hydrogen-bond acceptors (Lipinski definition) is 13. The average molecular weight is 775 g/mol. The number of rotatable bonds is 10. The fraction of sp³-hybridized carbons (Fsp3) is 0.581. The van der Waals surface area contributed by atoms with E-state index in [9.17, 15) is 24.0 Å². The van der Waals surface area contributed by atoms with Gasteiger partial charge in [0.15, 0.2) is 6.10 Å². The summed E-state index contributed by atoms with van der Waals surface area (Å²) in [4.78, 5) is 73.1. The highest BCUT2D eigenvalue weighted by Gasteiger charge is 2.75. The number of fused-ring (bicyclic) bond motifs is 4. The van der Waals surface area contributed by atoms with Crippen LogP contribution < -0.4 is 0 Å². The first kappa shape index (κ1) is 41.0. The van der Waals surface area contributed by atoms with Crippen molar-refractivity contribution in [3.8, 4) is 0 Å². The summed E-state index contributed by atoms with van der Waals surface area (Å²) < 4.78 is 38.0. The molecule has 6 rings (SSSR count). The van der Waals surface area contributed by atoms with Gasteiger partial charge in [0.1, 0.15) is 30.0 Å². The molecule has 10 atom stereocenters. The maximum Gasteiger partial charge on any atom is 0.340 e. The molecule has 0 amide bonds. The van der Waals surface area contributed by atoms with Crippen molar-refractivity contribution in [3.05, 3.63) is 77.1 Å². The molecule has 0 N–H and O–H groups in total. The van der Waals surface area contributed by atoms with Gasteiger partial charge in [0.2, 0.25) is 0 Å². The first-order valence-corrected chi connectivity index (χ1v) is 19.3. The van der Waals surface area contributed by atoms with Crippen LogP contribution in [0.1, 0.15) is 96.1 Å². The Morgan fingerprint density at radius 2 is 1.55 bits per heavy atom. The van der Waals surface area contributed by atoms with Crippen molar-refractivity contribution in [1.82, 2.24) is 9.88 Å². The molecule has 302 valence electrons. The number of ether oxygens (including phenoxy) is 6. The van der Waals surface area contributed by atoms with E-state index in [4.69, 9.17) is 28.4 Å². The third-order valence-corrected chi connectivity index (χ3v) is 12.6. The summed E-state index contributed by atoms with van der Waals surface area (Å²) in [6, 6.07) is 12.7. The molecule has 3 fully saturated rings. The monoisotopic (exact) mass is 774 g/mol. The highest BCUT2D eigenvalue weighted by Crippen LogP contribution is 2.65. The standard InChI is InChI=1S/C43H54N2O11/c1-24-32(52-25(2)46)20-30-36(53-26(3)47)38-42(7,39(56-40(50)29-16-13-19-44-22-29)37(54-27(4)48)35(24)41(30,5)6)18-17-33(43(38)23-51-43)55-34(49)21-31(45(8)9)28-14-11-10-12-15-28/h10-16,19,22,30-33,36-39H,17-18,20-21,23H2,1-9H3/t30-,31+,32-,33-,36+,37+,38-,39-,42+,43+/m0/s1. The van der Waals surface area contributed by atoms with E-state index in [1.54, 1.807) is 18.3 Å². The van der Waals surface area contributed by atoms with Crippen LogP contribution in [0.4, 0.5) is 0 Å². The van der Waals surface area contributed by atoms with E-state index < -0.39 is 88.6 Å². The molecule has 56 heavy (non-hydrogen) atoms. The molecule has 0 radical (unpaired) electrons. The van der Waals surface area contributed by atoms with Crippen molar-refractivity contribution in [1.29, 1.82) is 0 Å². The molecule has 1 spiro atoms. The van der Waals surface area contributed by atoms with Crippen LogP contribution in [0.15, 0.2) is 66.0 Å². The normalized spacial score (nSPS) is 32.2. The first-order chi connectivity index (χ1) is 26.4. The number of pyridine rings is 1. The minimum Gasteiger partial charge on any atom is -0.462 e. The molecule has 2 aromatic rings. The predicted molar refractivity (Wildman–Crippen MR) is 202 cm³/mol. The summed E-state index contributed by atoms with van der Waals surface area (Å²) in [5.74, 6) is -4.05. The Morgan fingerprint density at radius 3 is 2.12 bits per heavy atom. The van der Waals surface area contributed by atoms with E-state index in [1.807, 2.05) is 77.0 Å². The number of nitrogens with zero attached hydrogens (tertiary/aromatic N) is 2. The van der Waals surface area contributed by atoms with Gasteiger partial charge in [0.05, 0.1) is 18.6 Å². The number of carbonyl (C=O) groups excluding carboxylic acids is 5. The van der Waals surface area contributed by atoms with Gasteiger partial charge in [-0.15, -0.1) is 0 Å². The van der Waals surface area contributed by atoms with Crippen LogP contribution in [0.5, 0.6) is 0 Å². The van der Waals surface area contributed by atoms with Crippen LogP contribution in [0.25, 0.3) is 0 Å². The lowest BCUT2D eigenvalue weighted by Gasteiger charge is -2.61. The van der Waals surface area contributed by atoms with Crippen LogP contribution >= 0.6 is 0 Å². The van der Waals surface area contributed by atoms with Crippen molar-refractivity contribution >= 4 is 29.8 Å². The molecule has 2 heterocycles. The number of epoxide rings is 1. The maximum absolute atomic E-state index is 14.1. The summed E-state index contributed by atoms with van der Waals surface area (Å²) in [6.45, 7) is 11.8. The molecule has 13 nitrogen and oxygen atoms in total. The second kappa shape index (κ2) is 15.7. The zero-order valence-corrected chi connectivity index (χ0v) is 33.7. The Balaban J connectivity index is 1.51. The SMILES string of the molecule is CC(=O)O[C@@H]1[C@@H]2C[C@H](OC(C)=O)C(C)=C([C@@H](OC(C)=O)[C@H](OC(=O)c3cccnc3)[C@]3(C)CC[C@H](OC(=O)C[C@H](c4ccccc4)N(C)C)[C@]4(CO4)[C@@H]13)C2(C)C. The summed E-state index contributed by atoms with van der Waals surface area (Å²) in [5, 5.41) is 0. The number of aromatic nitrogens is 1. The van der Waals surface area contributed by atoms with Crippen molar-refractivity contribution in [2.24, 2.45) is 22.7 Å². The molecule has 1 aromatic heterocycles. The van der Waals surface area contributed by atoms with E-state index >= 15 is 0 Å². The van der Waals surface area contributed by atoms with Gasteiger partial charge in [0.25, 0.3) is 0 Å². The quantitative estimate of drug-likeness (QED) is 0.128. The van der Waals surface area contributed by atoms with Crippen LogP contribution in [0.2, 0.25) is 0 Å². The van der Waals surface area contributed by atoms with Gasteiger partial charge in [-0.1, -0.05) is 51.1 Å². The summed E-state index contributed by atoms with van der Waals surface area (Å²) in [6.07, 6.45) is -0.822. The topological polar surface area (TPSA) is 160 Å². The Morgan fingerprint density at radius 1 is 0.893 bits per heavy atom. The number of esters is 5. The average Bonchev–Trinajstić information content (AvgIpc) is 3.91. The molecular formula is C43H54N2O11. The van der Waals surface area contributed by atoms with Gasteiger partial charge < -0.3 is 33.3 Å². The Hall–Kier alpha value is -4.62. The minimum atomic E-state index is -1.17. The van der Waals surface area contributed by atoms with Crippen LogP contribution in [-0.4, -0.2) is 96.6 Å². The smallest absolute Gasteiger partial charge is 0.340 e. The highest BCUT2D eigenvalue weighted by atomic mass is 16.6. The molecular weight excluding hydrogens is 720 g/mol. The van der Waals surface area contributed by atoms with Crippen LogP contribution in [0, 0.1) is 22.7 Å². The summed E-state index contributed by atoms with van der Waals surface area (Å²) >= 11 is 0. The fourth-order valence-corrected chi connectivity index (χ4v) is 10.1. The van der Waals surface area contributed by atoms with Gasteiger partial charge in [-0.3, -0.25) is 24.2 Å². The van der Waals surface area contributed by atoms with Gasteiger partial charge in [-0.25, -0.2) is 4.79 Å². The van der Waals surface area contributed by atoms with E-state index in [0.717, 1.165) is 5.56 Å². The van der Waals surface area contributed by atoms with Gasteiger partial charge >= 0.3 is 29.8 Å². The molecule has 1 aliphatic heterocycles. The number of carbonyl (C=O) groups is 5. The molecule has 13 heteroatoms. The van der Waals surface area contributed by atoms with E-state index in [-0.39, 0.29) is 31.1 Å². The zero-order valence-electron chi connectivity index (χ0n) is 33.7. The van der Waals surface area contributed by atoms with E-state index in [2.05, 4.69) is 4.98 Å². The zero-order chi connectivity index (χ0) is 40.7. The third-order valence-electron chi connectivity index (χ3n) is 12.6. The lowest BCUT2D eigenvalue weighted by Crippen LogP contribution is -2.68. The summed E-state index contributed by atoms with van der Waals surface area (Å²) in [5.41, 5.74) is -0.708. The third kappa shape index (κ3) is 7.72. The molecule has 4 aliphatic rings. The number of benzene rings is 1. The molecule has 1 saturated heterocycles. The lowest BCUT2D eigenvalue weighted by atomic mass is 9.48. The van der Waals surface area contributed by atoms with E-state index in [1.165, 1.54) is 27.0 Å². The Labute approximate surface area is 328 Å². The molecule has 1 aromatic carbocycles. The fourth-order valence-electron chi connectivity index (χ4n) is 10.1. The van der Waals surface area contributed by atoms with Gasteiger partial charge in [0, 0.05) is 56.5 Å². The van der Waals surface area contributed by atoms with Crippen molar-refractivity contribution in [2.45, 2.75) is 116 Å². The Kier molecular flexibility index (Phi) is 11.5. The summed E-state index contributed by atoms with van der Waals surface area (Å²) in [7, 11) is 3.82. The van der Waals surface area contributed by atoms with Crippen molar-refractivity contribution in [2.75, 3.05) is 20.7 Å². The Bertz CT molecular complexity index is 1860. The van der Waals surface area contributed by atoms with Crippen molar-refractivity contribution < 1.29 is 52.4 Å². The second-order valence-electron chi connectivity index (χ2n) is 16.8. The van der Waals surface area contributed by atoms with Crippen LogP contribution in [0.3, 0.4) is 0 Å².